The molecule has 0 aliphatic carbocycles. The van der Waals surface area contributed by atoms with E-state index in [1.54, 1.807) is 0 Å². The van der Waals surface area contributed by atoms with Crippen molar-refractivity contribution in [1.29, 1.82) is 0 Å². The predicted molar refractivity (Wildman–Crippen MR) is 70.2 cm³/mol. The van der Waals surface area contributed by atoms with E-state index >= 15 is 0 Å². The van der Waals surface area contributed by atoms with Gasteiger partial charge in [-0.25, -0.2) is 8.78 Å². The van der Waals surface area contributed by atoms with Crippen molar-refractivity contribution < 1.29 is 13.6 Å². The second-order valence-corrected chi connectivity index (χ2v) is 4.33. The standard InChI is InChI=1S/C12H14F2N2OS/c1-2-3-8(11(15)18)12(17)16-10-5-4-7(13)6-9(10)14/h4-6,8H,2-3H2,1H3,(H2,15,18)(H,16,17). The van der Waals surface area contributed by atoms with Crippen molar-refractivity contribution in [3.63, 3.8) is 0 Å². The Bertz CT molecular complexity index is 465. The number of nitrogens with two attached hydrogens (primary N) is 1. The van der Waals surface area contributed by atoms with Crippen molar-refractivity contribution in [2.24, 2.45) is 11.7 Å². The molecule has 0 fully saturated rings. The third-order valence-electron chi connectivity index (χ3n) is 2.43. The minimum absolute atomic E-state index is 0.0665. The minimum Gasteiger partial charge on any atom is -0.393 e. The van der Waals surface area contributed by atoms with Crippen LogP contribution in [0.2, 0.25) is 0 Å². The van der Waals surface area contributed by atoms with Gasteiger partial charge in [0.2, 0.25) is 5.91 Å². The number of thiocarbonyl (C=S) groups is 1. The third kappa shape index (κ3) is 3.73. The number of hydrogen-bond acceptors (Lipinski definition) is 2. The lowest BCUT2D eigenvalue weighted by Crippen LogP contribution is -2.33. The van der Waals surface area contributed by atoms with E-state index in [0.29, 0.717) is 12.5 Å². The molecule has 6 heteroatoms. The lowest BCUT2D eigenvalue weighted by Gasteiger charge is -2.14. The van der Waals surface area contributed by atoms with Gasteiger partial charge >= 0.3 is 0 Å². The maximum Gasteiger partial charge on any atom is 0.234 e. The molecule has 3 N–H and O–H groups in total. The fourth-order valence-corrected chi connectivity index (χ4v) is 1.73. The number of benzene rings is 1. The summed E-state index contributed by atoms with van der Waals surface area (Å²) in [7, 11) is 0. The average molecular weight is 272 g/mol. The first-order chi connectivity index (χ1) is 8.45. The molecule has 0 radical (unpaired) electrons. The largest absolute Gasteiger partial charge is 0.393 e. The Morgan fingerprint density at radius 2 is 2.17 bits per heavy atom. The summed E-state index contributed by atoms with van der Waals surface area (Å²) in [5, 5.41) is 2.36. The fourth-order valence-electron chi connectivity index (χ4n) is 1.50. The molecular weight excluding hydrogens is 258 g/mol. The van der Waals surface area contributed by atoms with Crippen molar-refractivity contribution in [1.82, 2.24) is 0 Å². The van der Waals surface area contributed by atoms with Crippen LogP contribution in [0.4, 0.5) is 14.5 Å². The van der Waals surface area contributed by atoms with Gasteiger partial charge in [-0.05, 0) is 18.6 Å². The van der Waals surface area contributed by atoms with Gasteiger partial charge in [-0.1, -0.05) is 25.6 Å². The smallest absolute Gasteiger partial charge is 0.234 e. The van der Waals surface area contributed by atoms with Crippen LogP contribution in [-0.4, -0.2) is 10.9 Å². The maximum atomic E-state index is 13.3. The summed E-state index contributed by atoms with van der Waals surface area (Å²) in [6, 6.07) is 2.92. The molecule has 0 saturated carbocycles. The molecule has 1 aromatic carbocycles. The number of anilines is 1. The summed E-state index contributed by atoms with van der Waals surface area (Å²) in [4.78, 5) is 11.9. The van der Waals surface area contributed by atoms with Crippen LogP contribution in [0.15, 0.2) is 18.2 Å². The highest BCUT2D eigenvalue weighted by molar-refractivity contribution is 7.80. The van der Waals surface area contributed by atoms with E-state index in [4.69, 9.17) is 18.0 Å². The van der Waals surface area contributed by atoms with Crippen molar-refractivity contribution >= 4 is 28.8 Å². The molecule has 1 amide bonds. The number of rotatable bonds is 5. The molecule has 0 aromatic heterocycles. The molecule has 0 aliphatic rings. The highest BCUT2D eigenvalue weighted by atomic mass is 32.1. The highest BCUT2D eigenvalue weighted by Crippen LogP contribution is 2.17. The average Bonchev–Trinajstić information content (AvgIpc) is 2.29. The quantitative estimate of drug-likeness (QED) is 0.810. The normalized spacial score (nSPS) is 11.9. The first-order valence-electron chi connectivity index (χ1n) is 5.51. The molecule has 0 aliphatic heterocycles. The number of carbonyl (C=O) groups is 1. The zero-order chi connectivity index (χ0) is 13.7. The molecular formula is C12H14F2N2OS. The SMILES string of the molecule is CCCC(C(=O)Nc1ccc(F)cc1F)C(N)=S. The first-order valence-corrected chi connectivity index (χ1v) is 5.91. The number of carbonyl (C=O) groups excluding carboxylic acids is 1. The van der Waals surface area contributed by atoms with Crippen LogP contribution < -0.4 is 11.1 Å². The summed E-state index contributed by atoms with van der Waals surface area (Å²) >= 11 is 4.79. The number of nitrogens with one attached hydrogen (secondary N) is 1. The molecule has 18 heavy (non-hydrogen) atoms. The van der Waals surface area contributed by atoms with Crippen molar-refractivity contribution in [2.45, 2.75) is 19.8 Å². The van der Waals surface area contributed by atoms with E-state index in [1.807, 2.05) is 6.92 Å². The van der Waals surface area contributed by atoms with Gasteiger partial charge in [0.15, 0.2) is 0 Å². The molecule has 1 rings (SSSR count). The second kappa shape index (κ2) is 6.39. The van der Waals surface area contributed by atoms with Gasteiger partial charge in [-0.15, -0.1) is 0 Å². The van der Waals surface area contributed by atoms with Crippen LogP contribution in [-0.2, 0) is 4.79 Å². The molecule has 98 valence electrons. The second-order valence-electron chi connectivity index (χ2n) is 3.86. The Labute approximate surface area is 109 Å². The summed E-state index contributed by atoms with van der Waals surface area (Å²) in [6.45, 7) is 1.89. The maximum absolute atomic E-state index is 13.3. The Morgan fingerprint density at radius 3 is 2.67 bits per heavy atom. The van der Waals surface area contributed by atoms with Crippen LogP contribution in [0.3, 0.4) is 0 Å². The molecule has 0 bridgehead atoms. The minimum atomic E-state index is -0.832. The Hall–Kier alpha value is -1.56. The van der Waals surface area contributed by atoms with Crippen LogP contribution >= 0.6 is 12.2 Å². The monoisotopic (exact) mass is 272 g/mol. The molecule has 1 atom stereocenters. The van der Waals surface area contributed by atoms with Crippen LogP contribution in [0.5, 0.6) is 0 Å². The topological polar surface area (TPSA) is 55.1 Å². The summed E-state index contributed by atoms with van der Waals surface area (Å²) in [5.41, 5.74) is 5.37. The number of hydrogen-bond donors (Lipinski definition) is 2. The van der Waals surface area contributed by atoms with E-state index in [9.17, 15) is 13.6 Å². The van der Waals surface area contributed by atoms with Crippen LogP contribution in [0.25, 0.3) is 0 Å². The predicted octanol–water partition coefficient (Wildman–Crippen LogP) is 2.61. The molecule has 1 aromatic rings. The zero-order valence-electron chi connectivity index (χ0n) is 9.87. The van der Waals surface area contributed by atoms with Gasteiger partial charge in [0.05, 0.1) is 16.6 Å². The third-order valence-corrected chi connectivity index (χ3v) is 2.71. The van der Waals surface area contributed by atoms with Crippen LogP contribution in [0, 0.1) is 17.6 Å². The Morgan fingerprint density at radius 1 is 1.50 bits per heavy atom. The Kier molecular flexibility index (Phi) is 5.15. The van der Waals surface area contributed by atoms with Gasteiger partial charge in [0, 0.05) is 6.07 Å². The van der Waals surface area contributed by atoms with Crippen molar-refractivity contribution in [3.8, 4) is 0 Å². The molecule has 1 unspecified atom stereocenters. The van der Waals surface area contributed by atoms with Gasteiger partial charge in [-0.2, -0.15) is 0 Å². The fraction of sp³-hybridized carbons (Fsp3) is 0.333. The molecule has 0 spiro atoms. The molecule has 0 saturated heterocycles. The lowest BCUT2D eigenvalue weighted by molar-refractivity contribution is -0.118. The summed E-state index contributed by atoms with van der Waals surface area (Å²) in [5.74, 6) is -2.66. The molecule has 3 nitrogen and oxygen atoms in total. The zero-order valence-corrected chi connectivity index (χ0v) is 10.7. The van der Waals surface area contributed by atoms with Crippen molar-refractivity contribution in [2.75, 3.05) is 5.32 Å². The van der Waals surface area contributed by atoms with Gasteiger partial charge < -0.3 is 11.1 Å². The number of amides is 1. The summed E-state index contributed by atoms with van der Waals surface area (Å²) < 4.78 is 26.0. The first kappa shape index (κ1) is 14.5. The highest BCUT2D eigenvalue weighted by Gasteiger charge is 2.21. The van der Waals surface area contributed by atoms with Gasteiger partial charge in [0.1, 0.15) is 11.6 Å². The van der Waals surface area contributed by atoms with Crippen LogP contribution in [0.1, 0.15) is 19.8 Å². The van der Waals surface area contributed by atoms with Gasteiger partial charge in [-0.3, -0.25) is 4.79 Å². The van der Waals surface area contributed by atoms with E-state index in [0.717, 1.165) is 18.6 Å². The Balaban J connectivity index is 2.82. The summed E-state index contributed by atoms with van der Waals surface area (Å²) in [6.07, 6.45) is 1.21. The van der Waals surface area contributed by atoms with E-state index in [1.165, 1.54) is 0 Å². The van der Waals surface area contributed by atoms with Crippen molar-refractivity contribution in [3.05, 3.63) is 29.8 Å². The van der Waals surface area contributed by atoms with Gasteiger partial charge in [0.25, 0.3) is 0 Å². The van der Waals surface area contributed by atoms with E-state index in [2.05, 4.69) is 5.32 Å². The number of halogens is 2. The lowest BCUT2D eigenvalue weighted by atomic mass is 10.0. The molecule has 0 heterocycles. The van der Waals surface area contributed by atoms with E-state index in [-0.39, 0.29) is 10.7 Å². The van der Waals surface area contributed by atoms with E-state index < -0.39 is 23.5 Å².